The van der Waals surface area contributed by atoms with Crippen LogP contribution in [0.1, 0.15) is 38.5 Å². The van der Waals surface area contributed by atoms with Crippen molar-refractivity contribution in [1.29, 1.82) is 0 Å². The van der Waals surface area contributed by atoms with Gasteiger partial charge in [-0.1, -0.05) is 12.1 Å². The van der Waals surface area contributed by atoms with E-state index in [0.29, 0.717) is 54.7 Å². The molecular weight excluding hydrogens is 568 g/mol. The van der Waals surface area contributed by atoms with Crippen LogP contribution in [0.25, 0.3) is 22.3 Å². The van der Waals surface area contributed by atoms with E-state index in [9.17, 15) is 14.4 Å². The molecule has 44 heavy (non-hydrogen) atoms. The Morgan fingerprint density at radius 1 is 1.05 bits per heavy atom. The first kappa shape index (κ1) is 28.9. The van der Waals surface area contributed by atoms with Crippen LogP contribution in [0.3, 0.4) is 0 Å². The van der Waals surface area contributed by atoms with Crippen LogP contribution in [0.5, 0.6) is 0 Å². The van der Waals surface area contributed by atoms with Crippen molar-refractivity contribution in [3.8, 4) is 0 Å². The third-order valence-corrected chi connectivity index (χ3v) is 7.67. The van der Waals surface area contributed by atoms with Crippen LogP contribution < -0.4 is 32.9 Å². The molecule has 0 unspecified atom stereocenters. The Bertz CT molecular complexity index is 1970. The number of ether oxygens (including phenoxy) is 1. The maximum absolute atomic E-state index is 12.9. The number of amides is 2. The Morgan fingerprint density at radius 2 is 1.82 bits per heavy atom. The molecule has 1 aromatic carbocycles. The monoisotopic (exact) mass is 602 g/mol. The van der Waals surface area contributed by atoms with Gasteiger partial charge in [-0.3, -0.25) is 23.8 Å². The van der Waals surface area contributed by atoms with Crippen LogP contribution in [-0.2, 0) is 31.3 Å². The number of fused-ring (bicyclic) bond motifs is 2. The van der Waals surface area contributed by atoms with Crippen LogP contribution in [0, 0.1) is 0 Å². The Kier molecular flexibility index (Phi) is 7.73. The molecule has 0 bridgehead atoms. The van der Waals surface area contributed by atoms with Gasteiger partial charge in [0, 0.05) is 39.0 Å². The van der Waals surface area contributed by atoms with Crippen LogP contribution in [0.4, 0.5) is 28.2 Å². The van der Waals surface area contributed by atoms with E-state index in [2.05, 4.69) is 35.9 Å². The number of carbonyl (C=O) groups excluding carboxylic acids is 1. The average molecular weight is 603 g/mol. The number of anilines is 4. The molecule has 1 aliphatic rings. The van der Waals surface area contributed by atoms with E-state index in [-0.39, 0.29) is 29.9 Å². The van der Waals surface area contributed by atoms with Gasteiger partial charge in [0.15, 0.2) is 22.6 Å². The lowest BCUT2D eigenvalue weighted by atomic mass is 10.1. The highest BCUT2D eigenvalue weighted by Crippen LogP contribution is 2.28. The van der Waals surface area contributed by atoms with E-state index in [1.165, 1.54) is 9.13 Å². The van der Waals surface area contributed by atoms with Gasteiger partial charge < -0.3 is 25.7 Å². The molecule has 2 amide bonds. The molecule has 230 valence electrons. The highest BCUT2D eigenvalue weighted by atomic mass is 16.5. The molecule has 16 nitrogen and oxygen atoms in total. The third kappa shape index (κ3) is 5.23. The summed E-state index contributed by atoms with van der Waals surface area (Å²) in [5, 5.41) is 8.68. The number of rotatable bonds is 9. The molecular formula is C28H34N12O4. The summed E-state index contributed by atoms with van der Waals surface area (Å²) >= 11 is 0. The van der Waals surface area contributed by atoms with Crippen molar-refractivity contribution in [3.05, 3.63) is 57.0 Å². The molecule has 5 N–H and O–H groups in total. The zero-order chi connectivity index (χ0) is 31.0. The normalized spacial score (nSPS) is 14.8. The Balaban J connectivity index is 1.08. The van der Waals surface area contributed by atoms with E-state index in [1.54, 1.807) is 39.4 Å². The van der Waals surface area contributed by atoms with Crippen molar-refractivity contribution in [3.63, 3.8) is 0 Å². The van der Waals surface area contributed by atoms with Gasteiger partial charge >= 0.3 is 11.7 Å². The molecule has 1 fully saturated rings. The van der Waals surface area contributed by atoms with Gasteiger partial charge in [-0.2, -0.15) is 15.0 Å². The molecule has 16 heteroatoms. The second-order valence-electron chi connectivity index (χ2n) is 10.4. The number of hydrogen-bond acceptors (Lipinski definition) is 10. The van der Waals surface area contributed by atoms with Gasteiger partial charge in [-0.25, -0.2) is 14.6 Å². The average Bonchev–Trinajstić information content (AvgIpc) is 3.75. The Labute approximate surface area is 250 Å². The number of urea groups is 1. The van der Waals surface area contributed by atoms with Gasteiger partial charge in [-0.05, 0) is 50.8 Å². The standard InChI is InChI=1S/C28H34N12O4/c1-4-38-23-20(24(41)39(5-2)28(38)43)37(3)26(35-23)36-27(42)32-17-10-8-16(9-11-17)12-13-30-25-33-21(29)19-22(34-25)40(15-31-19)18-7-6-14-44-18/h8-11,15,18H,4-7,12-14H2,1-3H3,(H3,29,30,33,34)(H2,32,35,36,42)/t18-/m1/s1. The zero-order valence-corrected chi connectivity index (χ0v) is 24.7. The predicted octanol–water partition coefficient (Wildman–Crippen LogP) is 2.27. The lowest BCUT2D eigenvalue weighted by Crippen LogP contribution is -2.39. The number of imidazole rings is 2. The number of benzene rings is 1. The SMILES string of the molecule is CCn1c(=O)c2c(nc(NC(=O)Nc3ccc(CCNc4nc(N)c5ncn([C@H]6CCCO6)c5n4)cc3)n2C)n(CC)c1=O. The lowest BCUT2D eigenvalue weighted by Gasteiger charge is -2.12. The number of nitrogens with zero attached hydrogens (tertiary/aromatic N) is 8. The fraction of sp³-hybridized carbons (Fsp3) is 0.393. The minimum atomic E-state index is -0.536. The minimum Gasteiger partial charge on any atom is -0.382 e. The first-order chi connectivity index (χ1) is 21.3. The van der Waals surface area contributed by atoms with Crippen LogP contribution in [0.2, 0.25) is 0 Å². The third-order valence-electron chi connectivity index (χ3n) is 7.67. The molecule has 0 radical (unpaired) electrons. The van der Waals surface area contributed by atoms with Crippen molar-refractivity contribution in [2.24, 2.45) is 7.05 Å². The Hall–Kier alpha value is -5.25. The second-order valence-corrected chi connectivity index (χ2v) is 10.4. The number of nitrogens with two attached hydrogens (primary N) is 1. The summed E-state index contributed by atoms with van der Waals surface area (Å²) in [4.78, 5) is 56.1. The molecule has 1 atom stereocenters. The number of nitrogen functional groups attached to an aromatic ring is 1. The quantitative estimate of drug-likeness (QED) is 0.194. The molecule has 1 saturated heterocycles. The molecule has 5 aromatic rings. The van der Waals surface area contributed by atoms with Crippen molar-refractivity contribution >= 4 is 51.8 Å². The highest BCUT2D eigenvalue weighted by Gasteiger charge is 2.22. The number of aromatic nitrogens is 8. The summed E-state index contributed by atoms with van der Waals surface area (Å²) in [5.41, 5.74) is 8.51. The van der Waals surface area contributed by atoms with Gasteiger partial charge in [0.05, 0.1) is 6.33 Å². The first-order valence-corrected chi connectivity index (χ1v) is 14.5. The van der Waals surface area contributed by atoms with Crippen molar-refractivity contribution in [1.82, 2.24) is 38.2 Å². The van der Waals surface area contributed by atoms with E-state index in [4.69, 9.17) is 10.5 Å². The molecule has 0 spiro atoms. The van der Waals surface area contributed by atoms with Gasteiger partial charge in [0.1, 0.15) is 11.7 Å². The van der Waals surface area contributed by atoms with E-state index in [0.717, 1.165) is 23.0 Å². The fourth-order valence-electron chi connectivity index (χ4n) is 5.38. The van der Waals surface area contributed by atoms with Gasteiger partial charge in [0.2, 0.25) is 11.9 Å². The van der Waals surface area contributed by atoms with Crippen LogP contribution >= 0.6 is 0 Å². The van der Waals surface area contributed by atoms with Gasteiger partial charge in [0.25, 0.3) is 5.56 Å². The Morgan fingerprint density at radius 3 is 2.52 bits per heavy atom. The summed E-state index contributed by atoms with van der Waals surface area (Å²) < 4.78 is 11.7. The molecule has 6 rings (SSSR count). The number of hydrogen-bond donors (Lipinski definition) is 4. The summed E-state index contributed by atoms with van der Waals surface area (Å²) in [6.07, 6.45) is 4.15. The molecule has 1 aliphatic heterocycles. The number of nitrogens with one attached hydrogen (secondary N) is 3. The van der Waals surface area contributed by atoms with E-state index < -0.39 is 17.3 Å². The summed E-state index contributed by atoms with van der Waals surface area (Å²) in [6.45, 7) is 5.36. The summed E-state index contributed by atoms with van der Waals surface area (Å²) in [7, 11) is 1.62. The van der Waals surface area contributed by atoms with Crippen molar-refractivity contribution in [2.75, 3.05) is 34.8 Å². The maximum atomic E-state index is 12.9. The maximum Gasteiger partial charge on any atom is 0.332 e. The van der Waals surface area contributed by atoms with Crippen LogP contribution in [-0.4, -0.2) is 57.4 Å². The molecule has 5 heterocycles. The second kappa shape index (κ2) is 11.8. The van der Waals surface area contributed by atoms with Crippen molar-refractivity contribution < 1.29 is 9.53 Å². The number of carbonyl (C=O) groups is 1. The van der Waals surface area contributed by atoms with Gasteiger partial charge in [-0.15, -0.1) is 0 Å². The lowest BCUT2D eigenvalue weighted by molar-refractivity contribution is 0.0593. The molecule has 4 aromatic heterocycles. The first-order valence-electron chi connectivity index (χ1n) is 14.5. The molecule has 0 saturated carbocycles. The summed E-state index contributed by atoms with van der Waals surface area (Å²) in [6, 6.07) is 6.86. The van der Waals surface area contributed by atoms with Crippen molar-refractivity contribution in [2.45, 2.75) is 52.4 Å². The predicted molar refractivity (Wildman–Crippen MR) is 166 cm³/mol. The minimum absolute atomic E-state index is 0.0986. The number of aryl methyl sites for hydroxylation is 2. The highest BCUT2D eigenvalue weighted by molar-refractivity contribution is 5.99. The zero-order valence-electron chi connectivity index (χ0n) is 24.7. The van der Waals surface area contributed by atoms with E-state index >= 15 is 0 Å². The van der Waals surface area contributed by atoms with E-state index in [1.807, 2.05) is 16.7 Å². The fourth-order valence-corrected chi connectivity index (χ4v) is 5.38. The smallest absolute Gasteiger partial charge is 0.332 e. The topological polar surface area (TPSA) is 194 Å². The summed E-state index contributed by atoms with van der Waals surface area (Å²) in [5.74, 6) is 0.864. The largest absolute Gasteiger partial charge is 0.382 e. The van der Waals surface area contributed by atoms with Crippen LogP contribution in [0.15, 0.2) is 40.2 Å². The molecule has 0 aliphatic carbocycles.